The zero-order valence-corrected chi connectivity index (χ0v) is 19.0. The number of rotatable bonds is 6. The summed E-state index contributed by atoms with van der Waals surface area (Å²) >= 11 is 0. The quantitative estimate of drug-likeness (QED) is 0.401. The molecule has 1 N–H and O–H groups in total. The van der Waals surface area contributed by atoms with Gasteiger partial charge < -0.3 is 19.5 Å². The van der Waals surface area contributed by atoms with Crippen molar-refractivity contribution < 1.29 is 31.2 Å². The van der Waals surface area contributed by atoms with Crippen LogP contribution >= 0.6 is 0 Å². The van der Waals surface area contributed by atoms with E-state index in [4.69, 9.17) is 8.85 Å². The van der Waals surface area contributed by atoms with Crippen molar-refractivity contribution in [3.63, 3.8) is 0 Å². The van der Waals surface area contributed by atoms with Crippen LogP contribution in [-0.4, -0.2) is 73.8 Å². The lowest BCUT2D eigenvalue weighted by Crippen LogP contribution is -2.55. The first-order valence-electron chi connectivity index (χ1n) is 12.5. The normalized spacial score (nSPS) is 19.2. The summed E-state index contributed by atoms with van der Waals surface area (Å²) in [6.45, 7) is -4.92. The number of alkyl halides is 3. The van der Waals surface area contributed by atoms with Crippen molar-refractivity contribution in [3.8, 4) is 17.0 Å². The van der Waals surface area contributed by atoms with Crippen molar-refractivity contribution in [2.45, 2.75) is 31.8 Å². The third-order valence-electron chi connectivity index (χ3n) is 6.18. The summed E-state index contributed by atoms with van der Waals surface area (Å²) in [5.41, 5.74) is 1.73. The molecule has 0 spiro atoms. The van der Waals surface area contributed by atoms with Gasteiger partial charge in [-0.05, 0) is 30.2 Å². The van der Waals surface area contributed by atoms with Gasteiger partial charge in [-0.25, -0.2) is 27.1 Å². The molecule has 1 aliphatic rings. The first-order valence-corrected chi connectivity index (χ1v) is 11.0. The molecule has 4 heterocycles. The van der Waals surface area contributed by atoms with Crippen molar-refractivity contribution in [1.82, 2.24) is 29.0 Å². The highest BCUT2D eigenvalue weighted by Gasteiger charge is 2.45. The van der Waals surface area contributed by atoms with E-state index in [-0.39, 0.29) is 36.9 Å². The average molecular weight is 508 g/mol. The molecule has 0 unspecified atom stereocenters. The molecule has 190 valence electrons. The van der Waals surface area contributed by atoms with E-state index in [9.17, 15) is 22.4 Å². The van der Waals surface area contributed by atoms with Crippen LogP contribution in [0, 0.1) is 5.82 Å². The Balaban J connectivity index is 1.46. The van der Waals surface area contributed by atoms with E-state index in [0.29, 0.717) is 27.1 Å². The van der Waals surface area contributed by atoms with Crippen LogP contribution in [-0.2, 0) is 11.3 Å². The van der Waals surface area contributed by atoms with Gasteiger partial charge in [0.15, 0.2) is 5.82 Å². The molecule has 0 saturated carbocycles. The monoisotopic (exact) mass is 508 g/mol. The van der Waals surface area contributed by atoms with Crippen LogP contribution in [0.4, 0.5) is 23.5 Å². The number of piperidine rings is 1. The van der Waals surface area contributed by atoms with Gasteiger partial charge in [-0.2, -0.15) is 4.98 Å². The van der Waals surface area contributed by atoms with E-state index >= 15 is 0 Å². The van der Waals surface area contributed by atoms with E-state index in [1.807, 2.05) is 0 Å². The zero-order valence-electron chi connectivity index (χ0n) is 22.0. The Kier molecular flexibility index (Phi) is 5.05. The van der Waals surface area contributed by atoms with Crippen LogP contribution in [0.1, 0.15) is 17.4 Å². The topological polar surface area (TPSA) is 89.6 Å². The molecule has 0 radical (unpaired) electrons. The van der Waals surface area contributed by atoms with Gasteiger partial charge in [0.25, 0.3) is 5.92 Å². The summed E-state index contributed by atoms with van der Waals surface area (Å²) in [7, 11) is 1.33. The third kappa shape index (κ3) is 4.07. The predicted molar refractivity (Wildman–Crippen MR) is 123 cm³/mol. The molecule has 1 fully saturated rings. The number of halogens is 4. The number of carbonyl (C=O) groups excluding carboxylic acids is 1. The minimum absolute atomic E-state index is 0.00525. The number of nitrogens with one attached hydrogen (secondary N) is 1. The highest BCUT2D eigenvalue weighted by Crippen LogP contribution is 2.35. The second-order valence-corrected chi connectivity index (χ2v) is 8.39. The van der Waals surface area contributed by atoms with Gasteiger partial charge in [-0.3, -0.25) is 4.79 Å². The van der Waals surface area contributed by atoms with Crippen LogP contribution in [0.2, 0.25) is 0 Å². The fraction of sp³-hybridized carbons (Fsp3) is 0.391. The molecule has 1 aliphatic heterocycles. The smallest absolute Gasteiger partial charge is 0.285 e. The Morgan fingerprint density at radius 3 is 2.94 bits per heavy atom. The number of nitrogens with zero attached hydrogens (tertiary/aromatic N) is 6. The van der Waals surface area contributed by atoms with Crippen LogP contribution in [0.3, 0.4) is 0 Å². The highest BCUT2D eigenvalue weighted by atomic mass is 19.3. The van der Waals surface area contributed by atoms with Gasteiger partial charge >= 0.3 is 0 Å². The first-order chi connectivity index (χ1) is 18.4. The molecule has 1 aromatic carbocycles. The standard InChI is InChI=1S/C23H23F4N7O2/c1-13(35)32-6-4-18(23(26,27)11-32)29-22-30-21(36-2)20-15(3-7-34(20)31-22)14-9-16(25)19-17(10-14)33(8-5-24)12-28-19/h3,7,9-10,12,18H,4-6,8,11H2,1-2H3,(H,29,31)/t18-/m1/s1/i1D3. The number of anilines is 1. The maximum Gasteiger partial charge on any atom is 0.285 e. The lowest BCUT2D eigenvalue weighted by molar-refractivity contribution is -0.140. The van der Waals surface area contributed by atoms with Gasteiger partial charge in [-0.15, -0.1) is 5.10 Å². The summed E-state index contributed by atoms with van der Waals surface area (Å²) in [5.74, 6) is -5.58. The fourth-order valence-electron chi connectivity index (χ4n) is 4.42. The molecule has 1 saturated heterocycles. The number of imidazole rings is 1. The van der Waals surface area contributed by atoms with Crippen molar-refractivity contribution in [2.75, 3.05) is 32.2 Å². The number of ether oxygens (including phenoxy) is 1. The van der Waals surface area contributed by atoms with Gasteiger partial charge in [0.05, 0.1) is 38.1 Å². The molecule has 9 nitrogen and oxygen atoms in total. The van der Waals surface area contributed by atoms with Crippen molar-refractivity contribution in [2.24, 2.45) is 0 Å². The van der Waals surface area contributed by atoms with Crippen molar-refractivity contribution in [1.29, 1.82) is 0 Å². The van der Waals surface area contributed by atoms with Gasteiger partial charge in [-0.1, -0.05) is 0 Å². The molecule has 1 atom stereocenters. The zero-order chi connectivity index (χ0) is 28.1. The Morgan fingerprint density at radius 2 is 2.22 bits per heavy atom. The number of methoxy groups -OCH3 is 1. The van der Waals surface area contributed by atoms with E-state index in [2.05, 4.69) is 20.4 Å². The second-order valence-electron chi connectivity index (χ2n) is 8.39. The lowest BCUT2D eigenvalue weighted by atomic mass is 10.0. The van der Waals surface area contributed by atoms with Crippen molar-refractivity contribution in [3.05, 3.63) is 36.5 Å². The van der Waals surface area contributed by atoms with Crippen LogP contribution in [0.5, 0.6) is 5.88 Å². The Labute approximate surface area is 206 Å². The number of aryl methyl sites for hydroxylation is 1. The maximum atomic E-state index is 14.9. The SMILES string of the molecule is [2H]C([2H])([2H])C(=O)N1CC[C@@H](Nc2nc(OC)c3c(-c4cc(F)c5ncn(CCF)c5c4)ccn3n2)C(F)(F)C1. The summed E-state index contributed by atoms with van der Waals surface area (Å²) in [6, 6.07) is 3.06. The van der Waals surface area contributed by atoms with Crippen LogP contribution in [0.25, 0.3) is 27.7 Å². The number of aromatic nitrogens is 5. The Morgan fingerprint density at radius 1 is 1.39 bits per heavy atom. The molecule has 36 heavy (non-hydrogen) atoms. The minimum Gasteiger partial charge on any atom is -0.479 e. The molecule has 5 rings (SSSR count). The predicted octanol–water partition coefficient (Wildman–Crippen LogP) is 3.53. The summed E-state index contributed by atoms with van der Waals surface area (Å²) in [5, 5.41) is 6.83. The van der Waals surface area contributed by atoms with Gasteiger partial charge in [0.1, 0.15) is 17.7 Å². The molecular weight excluding hydrogens is 482 g/mol. The summed E-state index contributed by atoms with van der Waals surface area (Å²) in [6.07, 6.45) is 2.63. The molecular formula is C23H23F4N7O2. The Bertz CT molecular complexity index is 1560. The number of likely N-dealkylation sites (tertiary alicyclic amines) is 1. The number of hydrogen-bond donors (Lipinski definition) is 1. The van der Waals surface area contributed by atoms with Crippen molar-refractivity contribution >= 4 is 28.4 Å². The van der Waals surface area contributed by atoms with E-state index in [1.54, 1.807) is 12.1 Å². The third-order valence-corrected chi connectivity index (χ3v) is 6.18. The summed E-state index contributed by atoms with van der Waals surface area (Å²) in [4.78, 5) is 20.8. The van der Waals surface area contributed by atoms with E-state index in [1.165, 1.54) is 34.8 Å². The molecule has 1 amide bonds. The van der Waals surface area contributed by atoms with Gasteiger partial charge in [0.2, 0.25) is 17.7 Å². The number of amides is 1. The van der Waals surface area contributed by atoms with E-state index in [0.717, 1.165) is 0 Å². The highest BCUT2D eigenvalue weighted by molar-refractivity contribution is 5.90. The lowest BCUT2D eigenvalue weighted by Gasteiger charge is -2.38. The minimum atomic E-state index is -3.47. The molecule has 0 aliphatic carbocycles. The molecule has 4 aromatic rings. The molecule has 3 aromatic heterocycles. The van der Waals surface area contributed by atoms with Crippen LogP contribution in [0.15, 0.2) is 30.7 Å². The number of hydrogen-bond acceptors (Lipinski definition) is 6. The number of fused-ring (bicyclic) bond motifs is 2. The molecule has 0 bridgehead atoms. The van der Waals surface area contributed by atoms with E-state index < -0.39 is 43.8 Å². The second kappa shape index (κ2) is 8.95. The maximum absolute atomic E-state index is 14.9. The number of benzene rings is 1. The first kappa shape index (κ1) is 20.3. The summed E-state index contributed by atoms with van der Waals surface area (Å²) < 4.78 is 87.4. The van der Waals surface area contributed by atoms with Gasteiger partial charge in [0, 0.05) is 29.3 Å². The fourth-order valence-corrected chi connectivity index (χ4v) is 4.42. The largest absolute Gasteiger partial charge is 0.479 e. The average Bonchev–Trinajstić information content (AvgIpc) is 3.48. The van der Waals surface area contributed by atoms with Crippen LogP contribution < -0.4 is 10.1 Å². The number of carbonyl (C=O) groups is 1. The molecule has 13 heteroatoms. The Hall–Kier alpha value is -3.90.